The summed E-state index contributed by atoms with van der Waals surface area (Å²) in [7, 11) is 0. The maximum absolute atomic E-state index is 4.76. The highest BCUT2D eigenvalue weighted by Crippen LogP contribution is 2.55. The number of allylic oxidation sites excluding steroid dienone is 8. The molecule has 0 amide bonds. The van der Waals surface area contributed by atoms with Gasteiger partial charge in [0.1, 0.15) is 0 Å². The molecule has 16 heteroatoms. The molecule has 2 aliphatic carbocycles. The Kier molecular flexibility index (Phi) is 17.9. The molecule has 4 aromatic carbocycles. The number of aromatic nitrogens is 12. The lowest BCUT2D eigenvalue weighted by molar-refractivity contribution is 0.749. The van der Waals surface area contributed by atoms with E-state index < -0.39 is 0 Å². The summed E-state index contributed by atoms with van der Waals surface area (Å²) in [6.45, 7) is 17.4. The lowest BCUT2D eigenvalue weighted by Crippen LogP contribution is -2.21. The van der Waals surface area contributed by atoms with Crippen molar-refractivity contribution >= 4 is 90.0 Å². The minimum atomic E-state index is -0.0251. The third-order valence-electron chi connectivity index (χ3n) is 15.2. The number of fused-ring (bicyclic) bond motifs is 12. The first-order valence-electron chi connectivity index (χ1n) is 28.4. The van der Waals surface area contributed by atoms with Crippen molar-refractivity contribution in [1.82, 2.24) is 58.1 Å². The Morgan fingerprint density at radius 2 is 0.477 bits per heavy atom. The van der Waals surface area contributed by atoms with Gasteiger partial charge in [-0.05, 0) is 126 Å². The lowest BCUT2D eigenvalue weighted by atomic mass is 9.76. The summed E-state index contributed by atoms with van der Waals surface area (Å²) in [5.41, 5.74) is 19.4. The Morgan fingerprint density at radius 1 is 0.302 bits per heavy atom. The van der Waals surface area contributed by atoms with E-state index in [0.29, 0.717) is 23.8 Å². The molecule has 0 unspecified atom stereocenters. The molecule has 0 saturated carbocycles. The average Bonchev–Trinajstić information content (AvgIpc) is 1.59. The molecule has 0 N–H and O–H groups in total. The number of nitrogens with zero attached hydrogens (tertiary/aromatic N) is 12. The average molecular weight is 1220 g/mol. The van der Waals surface area contributed by atoms with E-state index in [2.05, 4.69) is 195 Å². The number of hydrogen-bond donors (Lipinski definition) is 0. The summed E-state index contributed by atoms with van der Waals surface area (Å²) in [5.74, 6) is 2.63. The highest BCUT2D eigenvalue weighted by atomic mass is 35.5. The van der Waals surface area contributed by atoms with Crippen molar-refractivity contribution in [2.24, 2.45) is 0 Å². The molecular formula is C70H64Cl4N12. The fourth-order valence-corrected chi connectivity index (χ4v) is 12.7. The van der Waals surface area contributed by atoms with Crippen LogP contribution in [0, 0.1) is 0 Å². The van der Waals surface area contributed by atoms with E-state index in [4.69, 9.17) is 86.3 Å². The van der Waals surface area contributed by atoms with Crippen molar-refractivity contribution in [2.45, 2.75) is 79.1 Å². The molecule has 2 aliphatic rings. The van der Waals surface area contributed by atoms with Gasteiger partial charge in [-0.15, -0.1) is 46.4 Å². The van der Waals surface area contributed by atoms with Crippen LogP contribution in [0.5, 0.6) is 0 Å². The zero-order valence-corrected chi connectivity index (χ0v) is 52.1. The monoisotopic (exact) mass is 1210 g/mol. The van der Waals surface area contributed by atoms with E-state index >= 15 is 0 Å². The third kappa shape index (κ3) is 11.0. The van der Waals surface area contributed by atoms with E-state index in [0.717, 1.165) is 22.1 Å². The van der Waals surface area contributed by atoms with Crippen LogP contribution >= 0.6 is 46.4 Å². The van der Waals surface area contributed by atoms with Crippen LogP contribution in [0.4, 0.5) is 0 Å². The molecule has 4 atom stereocenters. The number of benzene rings is 4. The largest absolute Gasteiger partial charge is 0.281 e. The first-order chi connectivity index (χ1) is 41.9. The molecule has 8 aromatic heterocycles. The van der Waals surface area contributed by atoms with Crippen LogP contribution in [0.2, 0.25) is 0 Å². The minimum absolute atomic E-state index is 0.0251. The lowest BCUT2D eigenvalue weighted by Gasteiger charge is -2.30. The standard InChI is InChI=1S/2C34H30N6.2CH2Cl2/c2*1-21(2)19-25-29-23-11-5-7-13-27(23)40(34-37-17-10-18-38-34)32(29)26(20-22(3)4)30-24-12-6-8-14-28(24)39(31(25)30)33-35-15-9-16-36-33;2*2-1-3/h2*5-20,25-26H,1-4H3;2*1H2/t2*25-,26+;;. The molecule has 14 rings (SSSR count). The zero-order chi connectivity index (χ0) is 60.2. The van der Waals surface area contributed by atoms with Crippen molar-refractivity contribution in [1.29, 1.82) is 0 Å². The van der Waals surface area contributed by atoms with E-state index in [1.807, 2.05) is 73.8 Å². The Labute approximate surface area is 520 Å². The van der Waals surface area contributed by atoms with Crippen LogP contribution < -0.4 is 0 Å². The van der Waals surface area contributed by atoms with Gasteiger partial charge in [0, 0.05) is 118 Å². The Morgan fingerprint density at radius 3 is 0.651 bits per heavy atom. The Balaban J connectivity index is 0.000000164. The highest BCUT2D eigenvalue weighted by molar-refractivity contribution is 6.41. The fraction of sp³-hybridized carbons (Fsp3) is 0.200. The zero-order valence-electron chi connectivity index (χ0n) is 49.1. The van der Waals surface area contributed by atoms with Gasteiger partial charge in [0.2, 0.25) is 23.8 Å². The second kappa shape index (κ2) is 26.0. The molecular weight excluding hydrogens is 1150 g/mol. The second-order valence-electron chi connectivity index (χ2n) is 21.9. The van der Waals surface area contributed by atoms with Gasteiger partial charge in [-0.3, -0.25) is 18.3 Å². The van der Waals surface area contributed by atoms with Crippen molar-refractivity contribution in [2.75, 3.05) is 10.7 Å². The minimum Gasteiger partial charge on any atom is -0.281 e. The molecule has 8 heterocycles. The van der Waals surface area contributed by atoms with E-state index in [-0.39, 0.29) is 34.3 Å². The number of rotatable bonds is 8. The van der Waals surface area contributed by atoms with Gasteiger partial charge < -0.3 is 0 Å². The SMILES string of the molecule is CC(C)=C[C@@H]1c2c(n(-c3ncccn3)c3ccccc23)[C@@H](C=C(C)C)c2c1n(-c1ncccn1)c1ccccc21.CC(C)=C[C@@H]1c2c(n(-c3ncccn3)c3ccccc23)[C@@H](C=C(C)C)c2c1n(-c1ncccn1)c1ccccc21.ClCCl.ClCCl. The molecule has 432 valence electrons. The topological polar surface area (TPSA) is 123 Å². The maximum atomic E-state index is 4.76. The van der Waals surface area contributed by atoms with E-state index in [9.17, 15) is 0 Å². The van der Waals surface area contributed by atoms with Crippen molar-refractivity contribution in [3.63, 3.8) is 0 Å². The van der Waals surface area contributed by atoms with Gasteiger partial charge in [0.15, 0.2) is 0 Å². The maximum Gasteiger partial charge on any atom is 0.234 e. The summed E-state index contributed by atoms with van der Waals surface area (Å²) in [6, 6.07) is 42.0. The molecule has 12 nitrogen and oxygen atoms in total. The van der Waals surface area contributed by atoms with E-state index in [1.165, 1.54) is 88.9 Å². The third-order valence-corrected chi connectivity index (χ3v) is 15.2. The van der Waals surface area contributed by atoms with Gasteiger partial charge in [0.05, 0.1) is 32.7 Å². The van der Waals surface area contributed by atoms with Gasteiger partial charge in [-0.2, -0.15) is 0 Å². The molecule has 0 spiro atoms. The van der Waals surface area contributed by atoms with Gasteiger partial charge >= 0.3 is 0 Å². The normalized spacial score (nSPS) is 15.3. The summed E-state index contributed by atoms with van der Waals surface area (Å²) in [6.07, 6.45) is 24.1. The van der Waals surface area contributed by atoms with Gasteiger partial charge in [0.25, 0.3) is 0 Å². The Bertz CT molecular complexity index is 3930. The summed E-state index contributed by atoms with van der Waals surface area (Å²) < 4.78 is 9.09. The highest BCUT2D eigenvalue weighted by Gasteiger charge is 2.43. The van der Waals surface area contributed by atoms with Crippen molar-refractivity contribution in [3.05, 3.63) is 263 Å². The molecule has 86 heavy (non-hydrogen) atoms. The Hall–Kier alpha value is -8.52. The van der Waals surface area contributed by atoms with Crippen LogP contribution in [0.3, 0.4) is 0 Å². The predicted octanol–water partition coefficient (Wildman–Crippen LogP) is 18.2. The molecule has 0 saturated heterocycles. The van der Waals surface area contributed by atoms with Crippen LogP contribution in [-0.2, 0) is 0 Å². The smallest absolute Gasteiger partial charge is 0.234 e. The fourth-order valence-electron chi connectivity index (χ4n) is 12.7. The van der Waals surface area contributed by atoms with Crippen molar-refractivity contribution in [3.8, 4) is 23.8 Å². The van der Waals surface area contributed by atoms with Gasteiger partial charge in [-0.1, -0.05) is 119 Å². The summed E-state index contributed by atoms with van der Waals surface area (Å²) >= 11 is 19.1. The van der Waals surface area contributed by atoms with E-state index in [1.54, 1.807) is 0 Å². The molecule has 12 aromatic rings. The number of para-hydroxylation sites is 4. The van der Waals surface area contributed by atoms with Gasteiger partial charge in [-0.25, -0.2) is 39.9 Å². The first kappa shape index (κ1) is 59.2. The number of hydrogen-bond acceptors (Lipinski definition) is 8. The number of alkyl halides is 4. The molecule has 0 fully saturated rings. The van der Waals surface area contributed by atoms with Crippen molar-refractivity contribution < 1.29 is 0 Å². The molecule has 0 radical (unpaired) electrons. The van der Waals surface area contributed by atoms with Crippen LogP contribution in [-0.4, -0.2) is 68.8 Å². The van der Waals surface area contributed by atoms with Crippen LogP contribution in [0.15, 0.2) is 217 Å². The molecule has 0 aliphatic heterocycles. The number of halogens is 4. The quantitative estimate of drug-likeness (QED) is 0.109. The predicted molar refractivity (Wildman–Crippen MR) is 354 cm³/mol. The summed E-state index contributed by atoms with van der Waals surface area (Å²) in [4.78, 5) is 37.9. The molecule has 0 bridgehead atoms. The summed E-state index contributed by atoms with van der Waals surface area (Å²) in [5, 5.41) is 5.21. The first-order valence-corrected chi connectivity index (χ1v) is 30.5. The van der Waals surface area contributed by atoms with Crippen LogP contribution in [0.25, 0.3) is 67.4 Å². The van der Waals surface area contributed by atoms with Crippen LogP contribution in [0.1, 0.15) is 124 Å². The second-order valence-corrected chi connectivity index (χ2v) is 23.5.